The van der Waals surface area contributed by atoms with Crippen LogP contribution in [0.1, 0.15) is 18.4 Å². The topological polar surface area (TPSA) is 57.7 Å². The van der Waals surface area contributed by atoms with Gasteiger partial charge < -0.3 is 4.90 Å². The van der Waals surface area contributed by atoms with Gasteiger partial charge in [-0.2, -0.15) is 4.31 Å². The quantitative estimate of drug-likeness (QED) is 0.744. The summed E-state index contributed by atoms with van der Waals surface area (Å²) in [4.78, 5) is 14.3. The van der Waals surface area contributed by atoms with E-state index >= 15 is 0 Å². The fraction of sp³-hybridized carbons (Fsp3) is 0.381. The van der Waals surface area contributed by atoms with Crippen molar-refractivity contribution < 1.29 is 17.6 Å². The average Bonchev–Trinajstić information content (AvgIpc) is 2.69. The molecule has 1 heterocycles. The lowest BCUT2D eigenvalue weighted by atomic mass is 9.90. The Bertz CT molecular complexity index is 893. The van der Waals surface area contributed by atoms with Gasteiger partial charge >= 0.3 is 0 Å². The van der Waals surface area contributed by atoms with Crippen LogP contribution in [0, 0.1) is 11.7 Å². The lowest BCUT2D eigenvalue weighted by Crippen LogP contribution is -2.44. The lowest BCUT2D eigenvalue weighted by molar-refractivity contribution is -0.132. The van der Waals surface area contributed by atoms with Gasteiger partial charge in [-0.25, -0.2) is 12.8 Å². The Hall–Kier alpha value is -2.25. The number of piperidine rings is 1. The molecule has 2 aromatic rings. The zero-order chi connectivity index (χ0) is 20.1. The monoisotopic (exact) mass is 404 g/mol. The molecular weight excluding hydrogens is 379 g/mol. The van der Waals surface area contributed by atoms with Gasteiger partial charge in [0.25, 0.3) is 0 Å². The third-order valence-corrected chi connectivity index (χ3v) is 7.03. The van der Waals surface area contributed by atoms with Gasteiger partial charge in [0.2, 0.25) is 15.9 Å². The standard InChI is InChI=1S/C21H25FN2O3S/c1-23(28(26,27)20-9-7-19(22)8-10-20)16-21(25)24-13-11-18(12-14-24)15-17-5-3-2-4-6-17/h2-10,18H,11-16H2,1H3. The Morgan fingerprint density at radius 3 is 2.29 bits per heavy atom. The van der Waals surface area contributed by atoms with Gasteiger partial charge in [0.15, 0.2) is 0 Å². The van der Waals surface area contributed by atoms with E-state index in [1.54, 1.807) is 4.90 Å². The van der Waals surface area contributed by atoms with Gasteiger partial charge in [-0.15, -0.1) is 0 Å². The zero-order valence-electron chi connectivity index (χ0n) is 15.9. The van der Waals surface area contributed by atoms with Gasteiger partial charge in [0.1, 0.15) is 5.82 Å². The number of carbonyl (C=O) groups is 1. The van der Waals surface area contributed by atoms with Crippen LogP contribution in [0.15, 0.2) is 59.5 Å². The first-order chi connectivity index (χ1) is 13.4. The molecule has 3 rings (SSSR count). The Morgan fingerprint density at radius 1 is 1.07 bits per heavy atom. The molecule has 1 aliphatic heterocycles. The SMILES string of the molecule is CN(CC(=O)N1CCC(Cc2ccccc2)CC1)S(=O)(=O)c1ccc(F)cc1. The largest absolute Gasteiger partial charge is 0.342 e. The summed E-state index contributed by atoms with van der Waals surface area (Å²) in [5.41, 5.74) is 1.30. The highest BCUT2D eigenvalue weighted by molar-refractivity contribution is 7.89. The number of likely N-dealkylation sites (tertiary alicyclic amines) is 1. The average molecular weight is 405 g/mol. The molecule has 150 valence electrons. The van der Waals surface area contributed by atoms with E-state index in [1.807, 2.05) is 18.2 Å². The minimum Gasteiger partial charge on any atom is -0.342 e. The summed E-state index contributed by atoms with van der Waals surface area (Å²) < 4.78 is 39.2. The first kappa shape index (κ1) is 20.5. The third kappa shape index (κ3) is 4.97. The highest BCUT2D eigenvalue weighted by atomic mass is 32.2. The minimum absolute atomic E-state index is 0.0224. The van der Waals surface area contributed by atoms with Crippen LogP contribution in [0.4, 0.5) is 4.39 Å². The number of hydrogen-bond acceptors (Lipinski definition) is 3. The van der Waals surface area contributed by atoms with Crippen molar-refractivity contribution in [2.75, 3.05) is 26.7 Å². The van der Waals surface area contributed by atoms with Crippen molar-refractivity contribution in [1.82, 2.24) is 9.21 Å². The van der Waals surface area contributed by atoms with Crippen molar-refractivity contribution in [3.63, 3.8) is 0 Å². The van der Waals surface area contributed by atoms with Gasteiger partial charge in [-0.05, 0) is 55.0 Å². The summed E-state index contributed by atoms with van der Waals surface area (Å²) in [6.07, 6.45) is 2.83. The van der Waals surface area contributed by atoms with Crippen LogP contribution in [-0.4, -0.2) is 50.2 Å². The molecule has 0 atom stereocenters. The molecular formula is C21H25FN2O3S. The molecule has 1 aliphatic rings. The Balaban J connectivity index is 1.53. The van der Waals surface area contributed by atoms with E-state index in [2.05, 4.69) is 12.1 Å². The predicted molar refractivity (Wildman–Crippen MR) is 106 cm³/mol. The summed E-state index contributed by atoms with van der Waals surface area (Å²) in [6.45, 7) is 1.06. The van der Waals surface area contributed by atoms with E-state index in [0.717, 1.165) is 35.7 Å². The second-order valence-electron chi connectivity index (χ2n) is 7.23. The first-order valence-corrected chi connectivity index (χ1v) is 10.8. The van der Waals surface area contributed by atoms with E-state index in [1.165, 1.54) is 24.7 Å². The fourth-order valence-electron chi connectivity index (χ4n) is 3.50. The highest BCUT2D eigenvalue weighted by Crippen LogP contribution is 2.22. The number of amides is 1. The van der Waals surface area contributed by atoms with Gasteiger partial charge in [-0.1, -0.05) is 30.3 Å². The smallest absolute Gasteiger partial charge is 0.243 e. The molecule has 5 nitrogen and oxygen atoms in total. The molecule has 28 heavy (non-hydrogen) atoms. The van der Waals surface area contributed by atoms with Crippen LogP contribution < -0.4 is 0 Å². The fourth-order valence-corrected chi connectivity index (χ4v) is 4.62. The van der Waals surface area contributed by atoms with Crippen molar-refractivity contribution in [3.8, 4) is 0 Å². The van der Waals surface area contributed by atoms with Crippen molar-refractivity contribution in [1.29, 1.82) is 0 Å². The molecule has 1 saturated heterocycles. The van der Waals surface area contributed by atoms with E-state index in [0.29, 0.717) is 19.0 Å². The number of benzene rings is 2. The van der Waals surface area contributed by atoms with Gasteiger partial charge in [-0.3, -0.25) is 4.79 Å². The van der Waals surface area contributed by atoms with Crippen LogP contribution in [0.25, 0.3) is 0 Å². The van der Waals surface area contributed by atoms with Crippen LogP contribution in [0.3, 0.4) is 0 Å². The maximum Gasteiger partial charge on any atom is 0.243 e. The molecule has 0 aromatic heterocycles. The van der Waals surface area contributed by atoms with E-state index in [4.69, 9.17) is 0 Å². The van der Waals surface area contributed by atoms with Crippen LogP contribution in [-0.2, 0) is 21.2 Å². The van der Waals surface area contributed by atoms with Crippen LogP contribution >= 0.6 is 0 Å². The summed E-state index contributed by atoms with van der Waals surface area (Å²) in [6, 6.07) is 14.9. The normalized spacial score (nSPS) is 15.8. The molecule has 1 fully saturated rings. The molecule has 0 unspecified atom stereocenters. The van der Waals surface area contributed by atoms with Crippen molar-refractivity contribution >= 4 is 15.9 Å². The molecule has 0 N–H and O–H groups in total. The van der Waals surface area contributed by atoms with Gasteiger partial charge in [0.05, 0.1) is 11.4 Å². The molecule has 1 amide bonds. The zero-order valence-corrected chi connectivity index (χ0v) is 16.7. The Morgan fingerprint density at radius 2 is 1.68 bits per heavy atom. The van der Waals surface area contributed by atoms with Crippen molar-refractivity contribution in [3.05, 3.63) is 66.0 Å². The molecule has 0 spiro atoms. The molecule has 0 aliphatic carbocycles. The van der Waals surface area contributed by atoms with E-state index in [-0.39, 0.29) is 17.3 Å². The minimum atomic E-state index is -3.82. The maximum atomic E-state index is 13.0. The summed E-state index contributed by atoms with van der Waals surface area (Å²) >= 11 is 0. The number of hydrogen-bond donors (Lipinski definition) is 0. The molecule has 2 aromatic carbocycles. The number of nitrogens with zero attached hydrogens (tertiary/aromatic N) is 2. The highest BCUT2D eigenvalue weighted by Gasteiger charge is 2.27. The number of rotatable bonds is 6. The molecule has 0 radical (unpaired) electrons. The second-order valence-corrected chi connectivity index (χ2v) is 9.27. The summed E-state index contributed by atoms with van der Waals surface area (Å²) in [5.74, 6) is -0.172. The molecule has 7 heteroatoms. The van der Waals surface area contributed by atoms with Gasteiger partial charge in [0, 0.05) is 20.1 Å². The Kier molecular flexibility index (Phi) is 6.46. The maximum absolute atomic E-state index is 13.0. The van der Waals surface area contributed by atoms with Crippen LogP contribution in [0.5, 0.6) is 0 Å². The number of carbonyl (C=O) groups excluding carboxylic acids is 1. The lowest BCUT2D eigenvalue weighted by Gasteiger charge is -2.33. The predicted octanol–water partition coefficient (Wildman–Crippen LogP) is 2.93. The van der Waals surface area contributed by atoms with Crippen molar-refractivity contribution in [2.24, 2.45) is 5.92 Å². The summed E-state index contributed by atoms with van der Waals surface area (Å²) in [7, 11) is -2.45. The first-order valence-electron chi connectivity index (χ1n) is 9.40. The van der Waals surface area contributed by atoms with E-state index in [9.17, 15) is 17.6 Å². The second kappa shape index (κ2) is 8.84. The summed E-state index contributed by atoms with van der Waals surface area (Å²) in [5, 5.41) is 0. The van der Waals surface area contributed by atoms with Crippen LogP contribution in [0.2, 0.25) is 0 Å². The Labute approximate surface area is 165 Å². The number of halogens is 1. The number of sulfonamides is 1. The third-order valence-electron chi connectivity index (χ3n) is 5.21. The van der Waals surface area contributed by atoms with Crippen molar-refractivity contribution in [2.45, 2.75) is 24.2 Å². The molecule has 0 bridgehead atoms. The number of likely N-dealkylation sites (N-methyl/N-ethyl adjacent to an activating group) is 1. The van der Waals surface area contributed by atoms with E-state index < -0.39 is 15.8 Å². The molecule has 0 saturated carbocycles.